The van der Waals surface area contributed by atoms with Crippen LogP contribution in [0.1, 0.15) is 13.3 Å². The van der Waals surface area contributed by atoms with Gasteiger partial charge in [0, 0.05) is 25.6 Å². The topological polar surface area (TPSA) is 63.6 Å². The molecule has 2 heterocycles. The zero-order valence-electron chi connectivity index (χ0n) is 10.1. The van der Waals surface area contributed by atoms with E-state index in [9.17, 15) is 5.11 Å². The molecule has 1 aliphatic heterocycles. The van der Waals surface area contributed by atoms with Gasteiger partial charge in [-0.1, -0.05) is 6.07 Å². The van der Waals surface area contributed by atoms with Gasteiger partial charge < -0.3 is 19.9 Å². The van der Waals surface area contributed by atoms with E-state index in [2.05, 4.69) is 10.3 Å². The first-order valence-electron chi connectivity index (χ1n) is 5.73. The number of rotatable bonds is 4. The first-order chi connectivity index (χ1) is 8.14. The first-order valence-corrected chi connectivity index (χ1v) is 5.73. The molecule has 0 bridgehead atoms. The maximum Gasteiger partial charge on any atom is 0.214 e. The molecule has 2 N–H and O–H groups in total. The van der Waals surface area contributed by atoms with Gasteiger partial charge in [-0.05, 0) is 13.0 Å². The molecule has 0 aromatic carbocycles. The van der Waals surface area contributed by atoms with Gasteiger partial charge in [0.25, 0.3) is 0 Å². The molecule has 1 saturated heterocycles. The highest BCUT2D eigenvalue weighted by Crippen LogP contribution is 2.26. The Hall–Kier alpha value is -1.33. The van der Waals surface area contributed by atoms with Crippen molar-refractivity contribution in [1.82, 2.24) is 4.98 Å². The molecular weight excluding hydrogens is 220 g/mol. The zero-order valence-corrected chi connectivity index (χ0v) is 10.1. The van der Waals surface area contributed by atoms with Crippen LogP contribution in [-0.2, 0) is 4.74 Å². The van der Waals surface area contributed by atoms with Crippen molar-refractivity contribution in [1.29, 1.82) is 0 Å². The van der Waals surface area contributed by atoms with Crippen molar-refractivity contribution in [2.45, 2.75) is 25.0 Å². The van der Waals surface area contributed by atoms with E-state index >= 15 is 0 Å². The highest BCUT2D eigenvalue weighted by molar-refractivity contribution is 5.37. The van der Waals surface area contributed by atoms with Gasteiger partial charge in [-0.15, -0.1) is 0 Å². The Balaban J connectivity index is 1.97. The Morgan fingerprint density at radius 1 is 1.65 bits per heavy atom. The molecule has 94 valence electrons. The number of aliphatic hydroxyl groups is 1. The minimum Gasteiger partial charge on any atom is -0.481 e. The second-order valence-corrected chi connectivity index (χ2v) is 4.29. The minimum absolute atomic E-state index is 0.152. The monoisotopic (exact) mass is 238 g/mol. The summed E-state index contributed by atoms with van der Waals surface area (Å²) in [7, 11) is 1.58. The van der Waals surface area contributed by atoms with E-state index in [0.29, 0.717) is 31.3 Å². The van der Waals surface area contributed by atoms with Crippen molar-refractivity contribution in [2.24, 2.45) is 0 Å². The summed E-state index contributed by atoms with van der Waals surface area (Å²) in [5, 5.41) is 13.4. The van der Waals surface area contributed by atoms with E-state index in [1.165, 1.54) is 0 Å². The smallest absolute Gasteiger partial charge is 0.214 e. The molecule has 17 heavy (non-hydrogen) atoms. The number of hydrogen-bond acceptors (Lipinski definition) is 5. The third-order valence-electron chi connectivity index (χ3n) is 3.17. The normalized spacial score (nSPS) is 28.1. The zero-order chi connectivity index (χ0) is 12.3. The van der Waals surface area contributed by atoms with Crippen LogP contribution in [0, 0.1) is 0 Å². The lowest BCUT2D eigenvalue weighted by Gasteiger charge is -2.26. The fourth-order valence-electron chi connectivity index (χ4n) is 1.87. The SMILES string of the molecule is COc1cccc(NCC2(O)CCOC2C)n1. The van der Waals surface area contributed by atoms with E-state index in [0.717, 1.165) is 0 Å². The van der Waals surface area contributed by atoms with Crippen LogP contribution < -0.4 is 10.1 Å². The van der Waals surface area contributed by atoms with Gasteiger partial charge in [-0.3, -0.25) is 0 Å². The largest absolute Gasteiger partial charge is 0.481 e. The van der Waals surface area contributed by atoms with Crippen molar-refractivity contribution in [3.63, 3.8) is 0 Å². The number of nitrogens with one attached hydrogen (secondary N) is 1. The van der Waals surface area contributed by atoms with E-state index < -0.39 is 5.60 Å². The van der Waals surface area contributed by atoms with Gasteiger partial charge in [-0.25, -0.2) is 0 Å². The summed E-state index contributed by atoms with van der Waals surface area (Å²) in [6.45, 7) is 2.91. The molecule has 2 unspecified atom stereocenters. The van der Waals surface area contributed by atoms with Crippen LogP contribution in [0.3, 0.4) is 0 Å². The van der Waals surface area contributed by atoms with Crippen LogP contribution in [0.15, 0.2) is 18.2 Å². The Kier molecular flexibility index (Phi) is 3.49. The number of nitrogens with zero attached hydrogens (tertiary/aromatic N) is 1. The van der Waals surface area contributed by atoms with Gasteiger partial charge >= 0.3 is 0 Å². The molecule has 1 aromatic heterocycles. The van der Waals surface area contributed by atoms with Crippen LogP contribution in [-0.4, -0.2) is 42.1 Å². The maximum absolute atomic E-state index is 10.3. The maximum atomic E-state index is 10.3. The summed E-state index contributed by atoms with van der Waals surface area (Å²) in [5.41, 5.74) is -0.815. The lowest BCUT2D eigenvalue weighted by molar-refractivity contribution is -0.0176. The van der Waals surface area contributed by atoms with E-state index in [4.69, 9.17) is 9.47 Å². The first kappa shape index (κ1) is 12.1. The molecule has 5 heteroatoms. The number of hydrogen-bond donors (Lipinski definition) is 2. The van der Waals surface area contributed by atoms with E-state index in [1.54, 1.807) is 13.2 Å². The highest BCUT2D eigenvalue weighted by Gasteiger charge is 2.39. The predicted molar refractivity (Wildman–Crippen MR) is 64.3 cm³/mol. The second kappa shape index (κ2) is 4.89. The van der Waals surface area contributed by atoms with Gasteiger partial charge in [0.1, 0.15) is 11.4 Å². The quantitative estimate of drug-likeness (QED) is 0.820. The molecule has 5 nitrogen and oxygen atoms in total. The van der Waals surface area contributed by atoms with Crippen molar-refractivity contribution in [3.05, 3.63) is 18.2 Å². The van der Waals surface area contributed by atoms with Gasteiger partial charge in [0.15, 0.2) is 0 Å². The molecule has 1 fully saturated rings. The minimum atomic E-state index is -0.815. The summed E-state index contributed by atoms with van der Waals surface area (Å²) >= 11 is 0. The lowest BCUT2D eigenvalue weighted by atomic mass is 9.97. The molecule has 0 spiro atoms. The molecule has 0 radical (unpaired) electrons. The van der Waals surface area contributed by atoms with Gasteiger partial charge in [0.05, 0.1) is 13.2 Å². The molecule has 0 aliphatic carbocycles. The van der Waals surface area contributed by atoms with Crippen LogP contribution >= 0.6 is 0 Å². The van der Waals surface area contributed by atoms with Crippen LogP contribution in [0.25, 0.3) is 0 Å². The summed E-state index contributed by atoms with van der Waals surface area (Å²) in [5.74, 6) is 1.24. The fourth-order valence-corrected chi connectivity index (χ4v) is 1.87. The van der Waals surface area contributed by atoms with E-state index in [1.807, 2.05) is 19.1 Å². The highest BCUT2D eigenvalue weighted by atomic mass is 16.5. The Morgan fingerprint density at radius 2 is 2.47 bits per heavy atom. The molecule has 0 amide bonds. The second-order valence-electron chi connectivity index (χ2n) is 4.29. The lowest BCUT2D eigenvalue weighted by Crippen LogP contribution is -2.43. The van der Waals surface area contributed by atoms with Crippen LogP contribution in [0.2, 0.25) is 0 Å². The summed E-state index contributed by atoms with van der Waals surface area (Å²) in [4.78, 5) is 4.22. The summed E-state index contributed by atoms with van der Waals surface area (Å²) in [6.07, 6.45) is 0.492. The Morgan fingerprint density at radius 3 is 3.12 bits per heavy atom. The number of pyridine rings is 1. The number of methoxy groups -OCH3 is 1. The van der Waals surface area contributed by atoms with Crippen molar-refractivity contribution in [3.8, 4) is 5.88 Å². The molecule has 1 aliphatic rings. The average molecular weight is 238 g/mol. The third-order valence-corrected chi connectivity index (χ3v) is 3.17. The van der Waals surface area contributed by atoms with Gasteiger partial charge in [-0.2, -0.15) is 4.98 Å². The van der Waals surface area contributed by atoms with Crippen molar-refractivity contribution >= 4 is 5.82 Å². The third kappa shape index (κ3) is 2.68. The average Bonchev–Trinajstić information content (AvgIpc) is 2.68. The number of ether oxygens (including phenoxy) is 2. The predicted octanol–water partition coefficient (Wildman–Crippen LogP) is 1.04. The van der Waals surface area contributed by atoms with E-state index in [-0.39, 0.29) is 6.10 Å². The van der Waals surface area contributed by atoms with Crippen LogP contribution in [0.5, 0.6) is 5.88 Å². The van der Waals surface area contributed by atoms with Crippen molar-refractivity contribution < 1.29 is 14.6 Å². The number of aromatic nitrogens is 1. The molecular formula is C12H18N2O3. The molecule has 2 rings (SSSR count). The molecule has 1 aromatic rings. The summed E-state index contributed by atoms with van der Waals surface area (Å²) in [6, 6.07) is 5.47. The Bertz CT molecular complexity index is 386. The van der Waals surface area contributed by atoms with Crippen molar-refractivity contribution in [2.75, 3.05) is 25.6 Å². The standard InChI is InChI=1S/C12H18N2O3/c1-9-12(15,6-7-17-9)8-13-10-4-3-5-11(14-10)16-2/h3-5,9,15H,6-8H2,1-2H3,(H,13,14). The number of anilines is 1. The van der Waals surface area contributed by atoms with Crippen LogP contribution in [0.4, 0.5) is 5.82 Å². The van der Waals surface area contributed by atoms with Gasteiger partial charge in [0.2, 0.25) is 5.88 Å². The fraction of sp³-hybridized carbons (Fsp3) is 0.583. The molecule has 0 saturated carbocycles. The molecule has 2 atom stereocenters. The Labute approximate surface area is 101 Å². The summed E-state index contributed by atoms with van der Waals surface area (Å²) < 4.78 is 10.4.